The second-order valence-corrected chi connectivity index (χ2v) is 5.61. The SMILES string of the molecule is CC(C)Cn1cc(CC#N)c2cc(Br)ccc21. The third-order valence-electron chi connectivity index (χ3n) is 2.76. The highest BCUT2D eigenvalue weighted by Crippen LogP contribution is 2.26. The third kappa shape index (κ3) is 2.53. The molecule has 0 unspecified atom stereocenters. The summed E-state index contributed by atoms with van der Waals surface area (Å²) in [6.45, 7) is 5.40. The van der Waals surface area contributed by atoms with Gasteiger partial charge in [-0.1, -0.05) is 29.8 Å². The Kier molecular flexibility index (Phi) is 3.54. The highest BCUT2D eigenvalue weighted by atomic mass is 79.9. The van der Waals surface area contributed by atoms with Gasteiger partial charge in [-0.05, 0) is 29.7 Å². The molecule has 2 aromatic rings. The van der Waals surface area contributed by atoms with E-state index in [1.165, 1.54) is 10.9 Å². The first-order valence-electron chi connectivity index (χ1n) is 5.76. The lowest BCUT2D eigenvalue weighted by molar-refractivity contribution is 0.535. The van der Waals surface area contributed by atoms with Crippen LogP contribution in [0, 0.1) is 17.2 Å². The normalized spacial score (nSPS) is 11.0. The number of aromatic nitrogens is 1. The highest BCUT2D eigenvalue weighted by molar-refractivity contribution is 9.10. The molecular weight excluding hydrogens is 276 g/mol. The minimum absolute atomic E-state index is 0.470. The van der Waals surface area contributed by atoms with E-state index in [1.54, 1.807) is 0 Å². The number of fused-ring (bicyclic) bond motifs is 1. The number of halogens is 1. The number of rotatable bonds is 3. The van der Waals surface area contributed by atoms with E-state index in [1.807, 2.05) is 0 Å². The average Bonchev–Trinajstić information content (AvgIpc) is 2.56. The first kappa shape index (κ1) is 12.2. The third-order valence-corrected chi connectivity index (χ3v) is 3.25. The van der Waals surface area contributed by atoms with Crippen LogP contribution in [-0.2, 0) is 13.0 Å². The first-order valence-corrected chi connectivity index (χ1v) is 6.55. The molecule has 0 aliphatic rings. The van der Waals surface area contributed by atoms with E-state index in [9.17, 15) is 0 Å². The maximum atomic E-state index is 8.87. The van der Waals surface area contributed by atoms with Gasteiger partial charge in [-0.3, -0.25) is 0 Å². The summed E-state index contributed by atoms with van der Waals surface area (Å²) in [7, 11) is 0. The molecule has 0 amide bonds. The molecule has 0 bridgehead atoms. The van der Waals surface area contributed by atoms with Gasteiger partial charge in [-0.25, -0.2) is 0 Å². The molecule has 0 N–H and O–H groups in total. The van der Waals surface area contributed by atoms with Crippen LogP contribution in [0.3, 0.4) is 0 Å². The lowest BCUT2D eigenvalue weighted by Gasteiger charge is -2.07. The van der Waals surface area contributed by atoms with E-state index in [0.29, 0.717) is 12.3 Å². The van der Waals surface area contributed by atoms with Gasteiger partial charge in [0.25, 0.3) is 0 Å². The molecule has 0 spiro atoms. The zero-order chi connectivity index (χ0) is 12.4. The fourth-order valence-electron chi connectivity index (χ4n) is 2.11. The molecule has 0 aliphatic carbocycles. The van der Waals surface area contributed by atoms with Crippen LogP contribution in [-0.4, -0.2) is 4.57 Å². The predicted octanol–water partition coefficient (Wildman–Crippen LogP) is 4.13. The molecule has 0 aliphatic heterocycles. The number of benzene rings is 1. The van der Waals surface area contributed by atoms with Crippen LogP contribution < -0.4 is 0 Å². The molecular formula is C14H15BrN2. The summed E-state index contributed by atoms with van der Waals surface area (Å²) in [5, 5.41) is 10.1. The second-order valence-electron chi connectivity index (χ2n) is 4.70. The van der Waals surface area contributed by atoms with Gasteiger partial charge in [-0.15, -0.1) is 0 Å². The minimum atomic E-state index is 0.470. The number of hydrogen-bond donors (Lipinski definition) is 0. The summed E-state index contributed by atoms with van der Waals surface area (Å²) in [6, 6.07) is 8.49. The van der Waals surface area contributed by atoms with Gasteiger partial charge in [0.2, 0.25) is 0 Å². The summed E-state index contributed by atoms with van der Waals surface area (Å²) in [5.74, 6) is 0.601. The van der Waals surface area contributed by atoms with E-state index in [4.69, 9.17) is 5.26 Å². The van der Waals surface area contributed by atoms with Crippen molar-refractivity contribution in [1.82, 2.24) is 4.57 Å². The molecule has 1 aromatic heterocycles. The van der Waals surface area contributed by atoms with Crippen LogP contribution in [0.15, 0.2) is 28.9 Å². The van der Waals surface area contributed by atoms with Gasteiger partial charge >= 0.3 is 0 Å². The smallest absolute Gasteiger partial charge is 0.0670 e. The molecule has 88 valence electrons. The Morgan fingerprint density at radius 1 is 1.41 bits per heavy atom. The Morgan fingerprint density at radius 2 is 2.18 bits per heavy atom. The van der Waals surface area contributed by atoms with E-state index >= 15 is 0 Å². The fraction of sp³-hybridized carbons (Fsp3) is 0.357. The molecule has 0 atom stereocenters. The molecule has 3 heteroatoms. The standard InChI is InChI=1S/C14H15BrN2/c1-10(2)8-17-9-11(5-6-16)13-7-12(15)3-4-14(13)17/h3-4,7,9-10H,5,8H2,1-2H3. The van der Waals surface area contributed by atoms with Gasteiger partial charge in [0.15, 0.2) is 0 Å². The quantitative estimate of drug-likeness (QED) is 0.836. The van der Waals surface area contributed by atoms with Crippen molar-refractivity contribution in [3.05, 3.63) is 34.4 Å². The molecule has 2 nitrogen and oxygen atoms in total. The first-order chi connectivity index (χ1) is 8.11. The summed E-state index contributed by atoms with van der Waals surface area (Å²) in [6.07, 6.45) is 2.58. The number of nitriles is 1. The van der Waals surface area contributed by atoms with Crippen molar-refractivity contribution in [2.24, 2.45) is 5.92 Å². The fourth-order valence-corrected chi connectivity index (χ4v) is 2.47. The van der Waals surface area contributed by atoms with Crippen molar-refractivity contribution in [1.29, 1.82) is 5.26 Å². The van der Waals surface area contributed by atoms with Gasteiger partial charge < -0.3 is 4.57 Å². The molecule has 1 heterocycles. The lowest BCUT2D eigenvalue weighted by atomic mass is 10.1. The summed E-state index contributed by atoms with van der Waals surface area (Å²) < 4.78 is 3.31. The van der Waals surface area contributed by atoms with Crippen LogP contribution in [0.25, 0.3) is 10.9 Å². The van der Waals surface area contributed by atoms with Crippen molar-refractivity contribution in [2.75, 3.05) is 0 Å². The molecule has 17 heavy (non-hydrogen) atoms. The van der Waals surface area contributed by atoms with Crippen molar-refractivity contribution in [3.8, 4) is 6.07 Å². The monoisotopic (exact) mass is 290 g/mol. The maximum absolute atomic E-state index is 8.87. The summed E-state index contributed by atoms with van der Waals surface area (Å²) in [5.41, 5.74) is 2.33. The molecule has 0 fully saturated rings. The second kappa shape index (κ2) is 4.93. The van der Waals surface area contributed by atoms with Crippen molar-refractivity contribution in [2.45, 2.75) is 26.8 Å². The zero-order valence-electron chi connectivity index (χ0n) is 10.1. The predicted molar refractivity (Wildman–Crippen MR) is 73.8 cm³/mol. The van der Waals surface area contributed by atoms with Gasteiger partial charge in [0.05, 0.1) is 12.5 Å². The molecule has 0 saturated carbocycles. The van der Waals surface area contributed by atoms with Crippen molar-refractivity contribution < 1.29 is 0 Å². The minimum Gasteiger partial charge on any atom is -0.347 e. The topological polar surface area (TPSA) is 28.7 Å². The number of nitrogens with zero attached hydrogens (tertiary/aromatic N) is 2. The maximum Gasteiger partial charge on any atom is 0.0670 e. The average molecular weight is 291 g/mol. The zero-order valence-corrected chi connectivity index (χ0v) is 11.7. The Labute approximate surface area is 110 Å². The molecule has 1 aromatic carbocycles. The van der Waals surface area contributed by atoms with Gasteiger partial charge in [-0.2, -0.15) is 5.26 Å². The summed E-state index contributed by atoms with van der Waals surface area (Å²) in [4.78, 5) is 0. The van der Waals surface area contributed by atoms with E-state index < -0.39 is 0 Å². The Morgan fingerprint density at radius 3 is 2.82 bits per heavy atom. The van der Waals surface area contributed by atoms with Crippen LogP contribution in [0.1, 0.15) is 19.4 Å². The van der Waals surface area contributed by atoms with Crippen LogP contribution in [0.2, 0.25) is 0 Å². The van der Waals surface area contributed by atoms with E-state index in [2.05, 4.69) is 64.8 Å². The van der Waals surface area contributed by atoms with Crippen LogP contribution >= 0.6 is 15.9 Å². The summed E-state index contributed by atoms with van der Waals surface area (Å²) >= 11 is 3.49. The van der Waals surface area contributed by atoms with Gasteiger partial charge in [0.1, 0.15) is 0 Å². The van der Waals surface area contributed by atoms with Crippen molar-refractivity contribution in [3.63, 3.8) is 0 Å². The van der Waals surface area contributed by atoms with E-state index in [0.717, 1.165) is 16.6 Å². The lowest BCUT2D eigenvalue weighted by Crippen LogP contribution is -2.02. The molecule has 0 radical (unpaired) electrons. The number of hydrogen-bond acceptors (Lipinski definition) is 1. The van der Waals surface area contributed by atoms with Crippen LogP contribution in [0.4, 0.5) is 0 Å². The molecule has 2 rings (SSSR count). The van der Waals surface area contributed by atoms with E-state index in [-0.39, 0.29) is 0 Å². The van der Waals surface area contributed by atoms with Crippen molar-refractivity contribution >= 4 is 26.8 Å². The van der Waals surface area contributed by atoms with Crippen LogP contribution in [0.5, 0.6) is 0 Å². The Balaban J connectivity index is 2.58. The molecule has 0 saturated heterocycles. The Bertz CT molecular complexity index is 576. The largest absolute Gasteiger partial charge is 0.347 e. The van der Waals surface area contributed by atoms with Gasteiger partial charge in [0, 0.05) is 28.1 Å². The Hall–Kier alpha value is -1.27. The highest BCUT2D eigenvalue weighted by Gasteiger charge is 2.09.